The summed E-state index contributed by atoms with van der Waals surface area (Å²) in [5, 5.41) is 14.3. The monoisotopic (exact) mass is 276 g/mol. The van der Waals surface area contributed by atoms with E-state index in [2.05, 4.69) is 10.2 Å². The molecule has 0 aromatic heterocycles. The van der Waals surface area contributed by atoms with Crippen LogP contribution in [0.15, 0.2) is 18.2 Å². The van der Waals surface area contributed by atoms with Crippen LogP contribution in [0.5, 0.6) is 0 Å². The number of non-ortho nitro benzene ring substituents is 1. The van der Waals surface area contributed by atoms with Crippen molar-refractivity contribution in [3.8, 4) is 0 Å². The third-order valence-corrected chi connectivity index (χ3v) is 4.34. The molecule has 0 aliphatic carbocycles. The smallest absolute Gasteiger partial charge is 0.273 e. The molecule has 0 spiro atoms. The summed E-state index contributed by atoms with van der Waals surface area (Å²) < 4.78 is 0. The average Bonchev–Trinajstić information content (AvgIpc) is 2.85. The highest BCUT2D eigenvalue weighted by atomic mass is 16.6. The van der Waals surface area contributed by atoms with Gasteiger partial charge >= 0.3 is 0 Å². The Kier molecular flexibility index (Phi) is 3.48. The summed E-state index contributed by atoms with van der Waals surface area (Å²) in [6.07, 6.45) is 4.76. The summed E-state index contributed by atoms with van der Waals surface area (Å²) in [7, 11) is 0. The third-order valence-electron chi connectivity index (χ3n) is 4.34. The van der Waals surface area contributed by atoms with Gasteiger partial charge in [0.05, 0.1) is 4.92 Å². The Hall–Kier alpha value is -1.82. The molecule has 2 unspecified atom stereocenters. The Bertz CT molecular complexity index is 520. The van der Waals surface area contributed by atoms with Gasteiger partial charge in [-0.3, -0.25) is 10.1 Å². The molecule has 0 saturated carbocycles. The highest BCUT2D eigenvalue weighted by Gasteiger charge is 2.31. The molecule has 1 aromatic rings. The molecule has 2 saturated heterocycles. The van der Waals surface area contributed by atoms with Crippen LogP contribution in [0.1, 0.15) is 25.7 Å². The van der Waals surface area contributed by atoms with E-state index in [-0.39, 0.29) is 5.69 Å². The van der Waals surface area contributed by atoms with Crippen LogP contribution in [-0.2, 0) is 0 Å². The number of hydrogen-bond donors (Lipinski definition) is 2. The van der Waals surface area contributed by atoms with Crippen molar-refractivity contribution in [3.63, 3.8) is 0 Å². The van der Waals surface area contributed by atoms with E-state index < -0.39 is 4.92 Å². The van der Waals surface area contributed by atoms with Crippen LogP contribution in [0.3, 0.4) is 0 Å². The number of nitrogens with one attached hydrogen (secondary N) is 1. The molecule has 6 nitrogen and oxygen atoms in total. The van der Waals surface area contributed by atoms with Crippen LogP contribution in [0.4, 0.5) is 17.1 Å². The average molecular weight is 276 g/mol. The summed E-state index contributed by atoms with van der Waals surface area (Å²) in [5.41, 5.74) is 6.97. The molecule has 0 bridgehead atoms. The predicted octanol–water partition coefficient (Wildman–Crippen LogP) is 2.22. The summed E-state index contributed by atoms with van der Waals surface area (Å²) in [6, 6.07) is 5.80. The first-order valence-electron chi connectivity index (χ1n) is 7.17. The fourth-order valence-electron chi connectivity index (χ4n) is 3.41. The van der Waals surface area contributed by atoms with Crippen LogP contribution >= 0.6 is 0 Å². The van der Waals surface area contributed by atoms with E-state index in [1.54, 1.807) is 12.1 Å². The van der Waals surface area contributed by atoms with Crippen LogP contribution in [0.2, 0.25) is 0 Å². The number of fused-ring (bicyclic) bond motifs is 1. The summed E-state index contributed by atoms with van der Waals surface area (Å²) in [4.78, 5) is 13.0. The van der Waals surface area contributed by atoms with Crippen LogP contribution in [-0.4, -0.2) is 35.0 Å². The zero-order chi connectivity index (χ0) is 14.1. The van der Waals surface area contributed by atoms with Crippen molar-refractivity contribution in [3.05, 3.63) is 28.3 Å². The number of nitrogens with two attached hydrogens (primary N) is 1. The van der Waals surface area contributed by atoms with Crippen LogP contribution in [0.25, 0.3) is 0 Å². The van der Waals surface area contributed by atoms with Crippen molar-refractivity contribution in [2.75, 3.05) is 24.1 Å². The minimum Gasteiger partial charge on any atom is -0.398 e. The summed E-state index contributed by atoms with van der Waals surface area (Å²) in [5.74, 6) is 0. The number of anilines is 2. The lowest BCUT2D eigenvalue weighted by atomic mass is 9.97. The highest BCUT2D eigenvalue weighted by Crippen LogP contribution is 2.30. The van der Waals surface area contributed by atoms with Crippen molar-refractivity contribution in [1.82, 2.24) is 4.90 Å². The molecule has 2 aliphatic rings. The lowest BCUT2D eigenvalue weighted by molar-refractivity contribution is -0.384. The number of nitrogens with zero attached hydrogens (tertiary/aromatic N) is 2. The summed E-state index contributed by atoms with van der Waals surface area (Å²) in [6.45, 7) is 2.34. The molecule has 0 amide bonds. The van der Waals surface area contributed by atoms with Gasteiger partial charge in [-0.25, -0.2) is 0 Å². The second kappa shape index (κ2) is 5.28. The van der Waals surface area contributed by atoms with Gasteiger partial charge in [-0.05, 0) is 38.3 Å². The molecule has 2 heterocycles. The molecular weight excluding hydrogens is 256 g/mol. The second-order valence-electron chi connectivity index (χ2n) is 5.77. The molecule has 0 radical (unpaired) electrons. The molecule has 2 fully saturated rings. The topological polar surface area (TPSA) is 84.4 Å². The molecule has 2 aliphatic heterocycles. The predicted molar refractivity (Wildman–Crippen MR) is 78.7 cm³/mol. The molecule has 3 rings (SSSR count). The van der Waals surface area contributed by atoms with Gasteiger partial charge in [0.25, 0.3) is 5.69 Å². The van der Waals surface area contributed by atoms with Crippen molar-refractivity contribution < 1.29 is 4.92 Å². The van der Waals surface area contributed by atoms with E-state index >= 15 is 0 Å². The van der Waals surface area contributed by atoms with Gasteiger partial charge in [0.15, 0.2) is 0 Å². The lowest BCUT2D eigenvalue weighted by Gasteiger charge is -2.35. The fraction of sp³-hybridized carbons (Fsp3) is 0.571. The van der Waals surface area contributed by atoms with E-state index in [0.29, 0.717) is 17.8 Å². The summed E-state index contributed by atoms with van der Waals surface area (Å²) >= 11 is 0. The Morgan fingerprint density at radius 1 is 1.30 bits per heavy atom. The first kappa shape index (κ1) is 13.2. The molecule has 3 N–H and O–H groups in total. The van der Waals surface area contributed by atoms with Crippen molar-refractivity contribution >= 4 is 17.1 Å². The van der Waals surface area contributed by atoms with Gasteiger partial charge < -0.3 is 16.0 Å². The maximum Gasteiger partial charge on any atom is 0.273 e. The van der Waals surface area contributed by atoms with Gasteiger partial charge in [-0.2, -0.15) is 0 Å². The first-order valence-corrected chi connectivity index (χ1v) is 7.17. The third kappa shape index (κ3) is 2.70. The number of piperidine rings is 1. The zero-order valence-electron chi connectivity index (χ0n) is 11.4. The normalized spacial score (nSPS) is 26.2. The maximum atomic E-state index is 10.9. The Labute approximate surface area is 118 Å². The van der Waals surface area contributed by atoms with Crippen molar-refractivity contribution in [1.29, 1.82) is 0 Å². The van der Waals surface area contributed by atoms with Gasteiger partial charge in [-0.1, -0.05) is 0 Å². The molecule has 1 aromatic carbocycles. The minimum absolute atomic E-state index is 0.0470. The lowest BCUT2D eigenvalue weighted by Crippen LogP contribution is -2.42. The Balaban J connectivity index is 1.70. The molecular formula is C14H20N4O2. The van der Waals surface area contributed by atoms with Gasteiger partial charge in [0.1, 0.15) is 0 Å². The fourth-order valence-corrected chi connectivity index (χ4v) is 3.41. The van der Waals surface area contributed by atoms with E-state index in [1.165, 1.54) is 25.5 Å². The molecule has 6 heteroatoms. The number of nitrogen functional groups attached to an aromatic ring is 1. The van der Waals surface area contributed by atoms with E-state index in [1.807, 2.05) is 0 Å². The number of benzene rings is 1. The maximum absolute atomic E-state index is 10.9. The van der Waals surface area contributed by atoms with Gasteiger partial charge in [-0.15, -0.1) is 0 Å². The van der Waals surface area contributed by atoms with E-state index in [0.717, 1.165) is 25.1 Å². The van der Waals surface area contributed by atoms with Crippen molar-refractivity contribution in [2.45, 2.75) is 37.8 Å². The molecule has 20 heavy (non-hydrogen) atoms. The minimum atomic E-state index is -0.402. The van der Waals surface area contributed by atoms with Gasteiger partial charge in [0.2, 0.25) is 0 Å². The second-order valence-corrected chi connectivity index (χ2v) is 5.77. The molecule has 108 valence electrons. The van der Waals surface area contributed by atoms with E-state index in [4.69, 9.17) is 5.73 Å². The van der Waals surface area contributed by atoms with Crippen LogP contribution in [0, 0.1) is 10.1 Å². The molecule has 2 atom stereocenters. The SMILES string of the molecule is Nc1cc(NC2CCN3CCCC3C2)cc([N+](=O)[O-])c1. The highest BCUT2D eigenvalue weighted by molar-refractivity contribution is 5.61. The standard InChI is InChI=1S/C14H20N4O2/c15-10-6-12(9-14(7-10)18(19)20)16-11-3-5-17-4-1-2-13(17)8-11/h6-7,9,11,13,16H,1-5,8,15H2. The largest absolute Gasteiger partial charge is 0.398 e. The number of nitro benzene ring substituents is 1. The Morgan fingerprint density at radius 2 is 2.15 bits per heavy atom. The number of rotatable bonds is 3. The number of nitro groups is 1. The van der Waals surface area contributed by atoms with E-state index in [9.17, 15) is 10.1 Å². The number of hydrogen-bond acceptors (Lipinski definition) is 5. The van der Waals surface area contributed by atoms with Crippen molar-refractivity contribution in [2.24, 2.45) is 0 Å². The zero-order valence-corrected chi connectivity index (χ0v) is 11.4. The quantitative estimate of drug-likeness (QED) is 0.502. The first-order chi connectivity index (χ1) is 9.61. The Morgan fingerprint density at radius 3 is 2.95 bits per heavy atom. The van der Waals surface area contributed by atoms with Gasteiger partial charge in [0, 0.05) is 42.1 Å². The van der Waals surface area contributed by atoms with Crippen LogP contribution < -0.4 is 11.1 Å².